The molecule has 0 fully saturated rings. The summed E-state index contributed by atoms with van der Waals surface area (Å²) in [6.45, 7) is 2.60. The Morgan fingerprint density at radius 3 is 2.49 bits per heavy atom. The van der Waals surface area contributed by atoms with Gasteiger partial charge in [0.05, 0.1) is 29.9 Å². The van der Waals surface area contributed by atoms with Crippen LogP contribution in [0.4, 0.5) is 5.69 Å². The molecule has 0 bridgehead atoms. The summed E-state index contributed by atoms with van der Waals surface area (Å²) in [5.41, 5.74) is 5.12. The van der Waals surface area contributed by atoms with Crippen molar-refractivity contribution < 1.29 is 17.9 Å². The molecule has 1 N–H and O–H groups in total. The minimum atomic E-state index is -3.64. The smallest absolute Gasteiger partial charge is 0.271 e. The van der Waals surface area contributed by atoms with E-state index in [1.54, 1.807) is 36.4 Å². The molecule has 1 aliphatic heterocycles. The minimum absolute atomic E-state index is 0.171. The van der Waals surface area contributed by atoms with Crippen molar-refractivity contribution in [3.8, 4) is 5.75 Å². The summed E-state index contributed by atoms with van der Waals surface area (Å²) in [6, 6.07) is 25.1. The maximum atomic E-state index is 13.2. The Hall–Kier alpha value is -4.17. The normalized spacial score (nSPS) is 13.9. The van der Waals surface area contributed by atoms with Crippen LogP contribution in [0.15, 0.2) is 94.9 Å². The molecule has 0 radical (unpaired) electrons. The Kier molecular flexibility index (Phi) is 5.96. The fourth-order valence-electron chi connectivity index (χ4n) is 4.15. The third-order valence-corrected chi connectivity index (χ3v) is 7.61. The standard InChI is InChI=1S/C27H23N3O4S/c1-2-34-24-11-4-3-7-22(24)17-28-29-27(31)21-15-13-19(14-16-21)18-30-23-10-5-8-20-9-6-12-25(26(20)23)35(30,32)33/h3-17H,2,18H2,1H3,(H,29,31)/b28-17-. The van der Waals surface area contributed by atoms with Crippen LogP contribution in [0.5, 0.6) is 5.75 Å². The third kappa shape index (κ3) is 4.24. The fourth-order valence-corrected chi connectivity index (χ4v) is 5.85. The van der Waals surface area contributed by atoms with Crippen LogP contribution in [0.2, 0.25) is 0 Å². The van der Waals surface area contributed by atoms with Crippen LogP contribution in [-0.2, 0) is 16.6 Å². The highest BCUT2D eigenvalue weighted by Crippen LogP contribution is 2.42. The Morgan fingerprint density at radius 1 is 0.971 bits per heavy atom. The van der Waals surface area contributed by atoms with Gasteiger partial charge in [0, 0.05) is 16.5 Å². The average molecular weight is 486 g/mol. The van der Waals surface area contributed by atoms with E-state index in [4.69, 9.17) is 4.74 Å². The molecule has 7 nitrogen and oxygen atoms in total. The van der Waals surface area contributed by atoms with Gasteiger partial charge in [-0.15, -0.1) is 0 Å². The van der Waals surface area contributed by atoms with Crippen LogP contribution in [0.1, 0.15) is 28.4 Å². The van der Waals surface area contributed by atoms with Gasteiger partial charge in [-0.2, -0.15) is 5.10 Å². The summed E-state index contributed by atoms with van der Waals surface area (Å²) in [4.78, 5) is 12.8. The first-order valence-electron chi connectivity index (χ1n) is 11.2. The van der Waals surface area contributed by atoms with Crippen LogP contribution >= 0.6 is 0 Å². The van der Waals surface area contributed by atoms with Crippen molar-refractivity contribution in [2.24, 2.45) is 5.10 Å². The molecule has 4 aromatic rings. The van der Waals surface area contributed by atoms with Gasteiger partial charge in [-0.05, 0) is 54.3 Å². The largest absolute Gasteiger partial charge is 0.493 e. The lowest BCUT2D eigenvalue weighted by atomic mass is 10.1. The van der Waals surface area contributed by atoms with Crippen molar-refractivity contribution in [3.63, 3.8) is 0 Å². The number of para-hydroxylation sites is 1. The van der Waals surface area contributed by atoms with E-state index in [0.717, 1.165) is 21.9 Å². The monoisotopic (exact) mass is 485 g/mol. The van der Waals surface area contributed by atoms with Crippen molar-refractivity contribution in [3.05, 3.63) is 102 Å². The zero-order valence-electron chi connectivity index (χ0n) is 19.0. The van der Waals surface area contributed by atoms with Gasteiger partial charge in [-0.3, -0.25) is 9.10 Å². The van der Waals surface area contributed by atoms with E-state index < -0.39 is 10.0 Å². The van der Waals surface area contributed by atoms with Crippen LogP contribution < -0.4 is 14.5 Å². The molecular formula is C27H23N3O4S. The SMILES string of the molecule is CCOc1ccccc1/C=N\NC(=O)c1ccc(CN2c3cccc4cccc(c34)S2(=O)=O)cc1. The number of carbonyl (C=O) groups excluding carboxylic acids is 1. The molecule has 0 saturated heterocycles. The second-order valence-corrected chi connectivity index (χ2v) is 9.84. The van der Waals surface area contributed by atoms with Crippen molar-refractivity contribution in [2.75, 3.05) is 10.9 Å². The van der Waals surface area contributed by atoms with Gasteiger partial charge in [0.25, 0.3) is 15.9 Å². The molecule has 4 aromatic carbocycles. The van der Waals surface area contributed by atoms with E-state index in [0.29, 0.717) is 28.5 Å². The van der Waals surface area contributed by atoms with Crippen LogP contribution in [0.3, 0.4) is 0 Å². The van der Waals surface area contributed by atoms with E-state index >= 15 is 0 Å². The van der Waals surface area contributed by atoms with E-state index in [2.05, 4.69) is 10.5 Å². The molecule has 0 atom stereocenters. The second-order valence-electron chi connectivity index (χ2n) is 8.01. The van der Waals surface area contributed by atoms with Gasteiger partial charge in [-0.1, -0.05) is 48.5 Å². The lowest BCUT2D eigenvalue weighted by Crippen LogP contribution is -2.26. The second kappa shape index (κ2) is 9.23. The van der Waals surface area contributed by atoms with E-state index in [-0.39, 0.29) is 12.5 Å². The number of nitrogens with zero attached hydrogens (tertiary/aromatic N) is 2. The van der Waals surface area contributed by atoms with Crippen LogP contribution in [0.25, 0.3) is 10.8 Å². The number of nitrogens with one attached hydrogen (secondary N) is 1. The number of rotatable bonds is 7. The number of sulfonamides is 1. The van der Waals surface area contributed by atoms with Gasteiger partial charge < -0.3 is 4.74 Å². The molecule has 0 spiro atoms. The fraction of sp³-hybridized carbons (Fsp3) is 0.111. The zero-order chi connectivity index (χ0) is 24.4. The summed E-state index contributed by atoms with van der Waals surface area (Å²) in [5, 5.41) is 5.67. The molecule has 0 saturated carbocycles. The first-order valence-corrected chi connectivity index (χ1v) is 12.6. The van der Waals surface area contributed by atoms with Gasteiger partial charge in [-0.25, -0.2) is 13.8 Å². The quantitative estimate of drug-likeness (QED) is 0.303. The molecule has 35 heavy (non-hydrogen) atoms. The average Bonchev–Trinajstić information content (AvgIpc) is 3.09. The van der Waals surface area contributed by atoms with Gasteiger partial charge in [0.15, 0.2) is 0 Å². The number of ether oxygens (including phenoxy) is 1. The highest BCUT2D eigenvalue weighted by Gasteiger charge is 2.35. The highest BCUT2D eigenvalue weighted by molar-refractivity contribution is 7.93. The minimum Gasteiger partial charge on any atom is -0.493 e. The number of carbonyl (C=O) groups is 1. The maximum Gasteiger partial charge on any atom is 0.271 e. The van der Waals surface area contributed by atoms with Gasteiger partial charge in [0.2, 0.25) is 0 Å². The Labute approximate surface area is 203 Å². The molecule has 0 unspecified atom stereocenters. The van der Waals surface area contributed by atoms with Crippen LogP contribution in [-0.4, -0.2) is 27.1 Å². The number of benzene rings is 4. The molecule has 0 aromatic heterocycles. The van der Waals surface area contributed by atoms with E-state index in [1.165, 1.54) is 10.5 Å². The Bertz CT molecular complexity index is 1540. The van der Waals surface area contributed by atoms with Crippen LogP contribution in [0, 0.1) is 0 Å². The Morgan fingerprint density at radius 2 is 1.71 bits per heavy atom. The van der Waals surface area contributed by atoms with E-state index in [1.807, 2.05) is 55.5 Å². The first-order chi connectivity index (χ1) is 17.0. The molecule has 176 valence electrons. The maximum absolute atomic E-state index is 13.2. The lowest BCUT2D eigenvalue weighted by molar-refractivity contribution is 0.0955. The van der Waals surface area contributed by atoms with Gasteiger partial charge in [0.1, 0.15) is 5.75 Å². The number of hydrogen-bond acceptors (Lipinski definition) is 5. The summed E-state index contributed by atoms with van der Waals surface area (Å²) < 4.78 is 33.3. The first kappa shape index (κ1) is 22.6. The number of anilines is 1. The highest BCUT2D eigenvalue weighted by atomic mass is 32.2. The molecule has 1 heterocycles. The van der Waals surface area contributed by atoms with Crippen molar-refractivity contribution >= 4 is 38.6 Å². The van der Waals surface area contributed by atoms with Crippen molar-refractivity contribution in [2.45, 2.75) is 18.4 Å². The molecule has 0 aliphatic carbocycles. The summed E-state index contributed by atoms with van der Waals surface area (Å²) in [6.07, 6.45) is 1.54. The predicted octanol–water partition coefficient (Wildman–Crippen LogP) is 4.71. The lowest BCUT2D eigenvalue weighted by Gasteiger charge is -2.19. The molecular weight excluding hydrogens is 462 g/mol. The predicted molar refractivity (Wildman–Crippen MR) is 136 cm³/mol. The molecule has 1 amide bonds. The topological polar surface area (TPSA) is 88.1 Å². The van der Waals surface area contributed by atoms with Gasteiger partial charge >= 0.3 is 0 Å². The number of hydrogen-bond donors (Lipinski definition) is 1. The van der Waals surface area contributed by atoms with E-state index in [9.17, 15) is 13.2 Å². The Balaban J connectivity index is 1.30. The molecule has 5 rings (SSSR count). The third-order valence-electron chi connectivity index (χ3n) is 5.81. The summed E-state index contributed by atoms with van der Waals surface area (Å²) in [5.74, 6) is 0.319. The van der Waals surface area contributed by atoms with Crippen molar-refractivity contribution in [1.82, 2.24) is 5.43 Å². The number of hydrazone groups is 1. The molecule has 1 aliphatic rings. The zero-order valence-corrected chi connectivity index (χ0v) is 19.8. The summed E-state index contributed by atoms with van der Waals surface area (Å²) in [7, 11) is -3.64. The molecule has 8 heteroatoms. The van der Waals surface area contributed by atoms with Crippen molar-refractivity contribution in [1.29, 1.82) is 0 Å². The summed E-state index contributed by atoms with van der Waals surface area (Å²) >= 11 is 0. The number of amides is 1.